The van der Waals surface area contributed by atoms with Gasteiger partial charge >= 0.3 is 29.8 Å². The van der Waals surface area contributed by atoms with Gasteiger partial charge in [0.1, 0.15) is 25.6 Å². The fraction of sp³-hybridized carbons (Fsp3) is 0.545. The number of carbonyl (C=O) groups excluding carboxylic acids is 6. The Morgan fingerprint density at radius 2 is 0.814 bits per heavy atom. The van der Waals surface area contributed by atoms with Crippen LogP contribution in [-0.4, -0.2) is 83.3 Å². The van der Waals surface area contributed by atoms with E-state index in [0.717, 1.165) is 48.3 Å². The Balaban J connectivity index is -0.000000135. The number of allylic oxidation sites excluding steroid dienone is 1. The van der Waals surface area contributed by atoms with Crippen LogP contribution in [0.4, 0.5) is 0 Å². The van der Waals surface area contributed by atoms with Crippen LogP contribution in [0.5, 0.6) is 0 Å². The van der Waals surface area contributed by atoms with Crippen molar-refractivity contribution >= 4 is 51.8 Å². The number of ketones is 1. The van der Waals surface area contributed by atoms with Gasteiger partial charge in [-0.25, -0.2) is 0 Å². The minimum absolute atomic E-state index is 0. The summed E-state index contributed by atoms with van der Waals surface area (Å²) in [6.45, 7) is 67.4. The molecule has 0 heterocycles. The van der Waals surface area contributed by atoms with Gasteiger partial charge in [-0.15, -0.1) is 6.58 Å². The van der Waals surface area contributed by atoms with Crippen molar-refractivity contribution in [1.82, 2.24) is 0 Å². The highest BCUT2D eigenvalue weighted by atomic mass is 28.3. The number of ether oxygens (including phenoxy) is 5. The molecule has 12 nitrogen and oxygen atoms in total. The van der Waals surface area contributed by atoms with E-state index in [9.17, 15) is 28.8 Å². The Hall–Kier alpha value is -7.01. The number of aliphatic hydroxyl groups excluding tert-OH is 1. The summed E-state index contributed by atoms with van der Waals surface area (Å²) >= 11 is 0. The number of benzene rings is 5. The van der Waals surface area contributed by atoms with Gasteiger partial charge in [-0.3, -0.25) is 24.0 Å². The maximum absolute atomic E-state index is 11.0. The zero-order valence-corrected chi connectivity index (χ0v) is 71.4. The van der Waals surface area contributed by atoms with E-state index < -0.39 is 16.1 Å². The van der Waals surface area contributed by atoms with Crippen LogP contribution in [-0.2, 0) is 78.5 Å². The van der Waals surface area contributed by atoms with Crippen LogP contribution < -0.4 is 0 Å². The van der Waals surface area contributed by atoms with Crippen molar-refractivity contribution < 1.29 is 57.6 Å². The zero-order chi connectivity index (χ0) is 79.8. The molecule has 0 fully saturated rings. The van der Waals surface area contributed by atoms with Crippen LogP contribution in [0, 0.1) is 17.8 Å². The van der Waals surface area contributed by atoms with Gasteiger partial charge in [-0.1, -0.05) is 335 Å². The SMILES string of the molecule is C.C=CCCC.C=CCOC(C)=O.CC.CC.CC(=O)OCC(C)C.CC(=O)OCC1c2ccccc2-c2ccccc21.CC(=O)OCC[Si](C)(C)C.CC(=O)OCc1ccccc1.CC(C)=O.CC(C)C[Si](C)(C)C.CCC.CCC(C)C.CCc1ccc(CO)cc1.CCc1ccccc1. The Kier molecular flexibility index (Phi) is 86.9. The summed E-state index contributed by atoms with van der Waals surface area (Å²) < 4.78 is 23.9. The fourth-order valence-electron chi connectivity index (χ4n) is 7.38. The van der Waals surface area contributed by atoms with E-state index in [1.165, 1.54) is 113 Å². The van der Waals surface area contributed by atoms with E-state index in [-0.39, 0.29) is 55.6 Å². The number of aliphatic hydroxyl groups is 1. The van der Waals surface area contributed by atoms with E-state index in [2.05, 4.69) is 180 Å². The van der Waals surface area contributed by atoms with Crippen LogP contribution in [0.2, 0.25) is 51.4 Å². The Bertz CT molecular complexity index is 2650. The molecule has 0 spiro atoms. The third kappa shape index (κ3) is 89.1. The lowest BCUT2D eigenvalue weighted by Gasteiger charge is -2.17. The van der Waals surface area contributed by atoms with Gasteiger partial charge in [-0.05, 0) is 101 Å². The lowest BCUT2D eigenvalue weighted by Crippen LogP contribution is -2.22. The van der Waals surface area contributed by atoms with Crippen molar-refractivity contribution in [3.8, 4) is 11.1 Å². The third-order valence-electron chi connectivity index (χ3n) is 12.1. The van der Waals surface area contributed by atoms with E-state index in [1.54, 1.807) is 0 Å². The van der Waals surface area contributed by atoms with E-state index in [1.807, 2.05) is 133 Å². The average molecular weight is 1460 g/mol. The second-order valence-electron chi connectivity index (χ2n) is 26.6. The third-order valence-corrected chi connectivity index (χ3v) is 15.8. The van der Waals surface area contributed by atoms with Gasteiger partial charge in [0.15, 0.2) is 0 Å². The number of esters is 5. The number of Topliss-reactive ketones (excluding diaryl/α,β-unsaturated/α-hetero) is 1. The standard InChI is InChI=1S/C16H14O2.C9H10O2.C9H12O.C8H10.C7H16O2Si.C7H18Si.C6H12O2.C5H8O2.C5H12.C5H10.C3H6O.C3H8.2C2H6.CH4/c1-11(17)18-10-16-14-8-4-2-6-12(14)13-7-3-5-9-15(13)16;1-8(10)11-7-9-5-3-2-4-6-9;1-2-8-3-5-9(7-10)6-4-8;1-2-8-6-4-3-5-7-8;1-7(8)9-5-6-10(2,3)4;1-7(2)6-8(3,4)5;1-5(2)4-8-6(3)7;1-3-4-7-5(2)6;1-4-5(2)3;1-3-5-4-2;1-3(2)4;1-3-2;2*1-2;/h2-9,16H,10H2,1H3;2-6H,7H2,1H3;3-6,10H,2,7H2,1H3;3-7H,2H2,1H3;5-6H2,1-4H3;7H,6H2,1-5H3;5H,4H2,1-3H3;3H,1,4H2,2H3;5H,4H2,1-3H3;3H,1,4-5H2,2H3;1-2H3;3H2,1-2H3;2*1-2H3;1H4. The van der Waals surface area contributed by atoms with E-state index in [4.69, 9.17) is 19.3 Å². The van der Waals surface area contributed by atoms with Crippen LogP contribution in [0.3, 0.4) is 0 Å². The van der Waals surface area contributed by atoms with Crippen molar-refractivity contribution in [3.05, 3.63) is 192 Å². The summed E-state index contributed by atoms with van der Waals surface area (Å²) in [6, 6.07) is 47.2. The van der Waals surface area contributed by atoms with Crippen LogP contribution in [0.1, 0.15) is 232 Å². The van der Waals surface area contributed by atoms with Crippen molar-refractivity contribution in [2.75, 3.05) is 26.4 Å². The number of rotatable bonds is 19. The summed E-state index contributed by atoms with van der Waals surface area (Å²) in [5.74, 6) is 1.47. The molecular formula is C88H152O12Si2. The lowest BCUT2D eigenvalue weighted by molar-refractivity contribution is -0.143. The first-order chi connectivity index (χ1) is 47.4. The minimum Gasteiger partial charge on any atom is -0.466 e. The molecule has 0 bridgehead atoms. The molecular weight excluding hydrogens is 1310 g/mol. The van der Waals surface area contributed by atoms with Gasteiger partial charge in [0.2, 0.25) is 0 Å². The molecule has 0 aromatic heterocycles. The quantitative estimate of drug-likeness (QED) is 0.0360. The van der Waals surface area contributed by atoms with Gasteiger partial charge in [0.25, 0.3) is 0 Å². The number of unbranched alkanes of at least 4 members (excludes halogenated alkanes) is 1. The van der Waals surface area contributed by atoms with Crippen molar-refractivity contribution in [1.29, 1.82) is 0 Å². The highest BCUT2D eigenvalue weighted by molar-refractivity contribution is 6.76. The normalized spacial score (nSPS) is 9.70. The molecule has 14 heteroatoms. The Morgan fingerprint density at radius 3 is 1.06 bits per heavy atom. The first-order valence-electron chi connectivity index (χ1n) is 36.7. The smallest absolute Gasteiger partial charge is 0.302 e. The molecule has 0 aliphatic heterocycles. The predicted octanol–water partition coefficient (Wildman–Crippen LogP) is 24.6. The minimum atomic E-state index is -1.00. The molecule has 1 aliphatic carbocycles. The van der Waals surface area contributed by atoms with Crippen LogP contribution >= 0.6 is 0 Å². The summed E-state index contributed by atoms with van der Waals surface area (Å²) in [6.07, 6.45) is 10.6. The van der Waals surface area contributed by atoms with Crippen molar-refractivity contribution in [3.63, 3.8) is 0 Å². The molecule has 5 aromatic carbocycles. The second kappa shape index (κ2) is 78.1. The first kappa shape index (κ1) is 113. The summed E-state index contributed by atoms with van der Waals surface area (Å²) in [4.78, 5) is 61.2. The maximum Gasteiger partial charge on any atom is 0.302 e. The molecule has 584 valence electrons. The molecule has 0 saturated carbocycles. The van der Waals surface area contributed by atoms with E-state index in [0.29, 0.717) is 39.0 Å². The topological polar surface area (TPSA) is 169 Å². The fourth-order valence-corrected chi connectivity index (χ4v) is 10.5. The average Bonchev–Trinajstić information content (AvgIpc) is 1.62. The number of hydrogen-bond acceptors (Lipinski definition) is 12. The predicted molar refractivity (Wildman–Crippen MR) is 448 cm³/mol. The molecule has 0 saturated heterocycles. The molecule has 1 N–H and O–H groups in total. The van der Waals surface area contributed by atoms with Gasteiger partial charge in [0.05, 0.1) is 19.8 Å². The second-order valence-corrected chi connectivity index (χ2v) is 37.7. The first-order valence-corrected chi connectivity index (χ1v) is 44.1. The number of fused-ring (bicyclic) bond motifs is 3. The van der Waals surface area contributed by atoms with Crippen LogP contribution in [0.25, 0.3) is 11.1 Å². The maximum atomic E-state index is 11.0. The zero-order valence-electron chi connectivity index (χ0n) is 69.4. The monoisotopic (exact) mass is 1460 g/mol. The molecule has 6 rings (SSSR count). The number of hydrogen-bond donors (Lipinski definition) is 1. The molecule has 102 heavy (non-hydrogen) atoms. The largest absolute Gasteiger partial charge is 0.466 e. The van der Waals surface area contributed by atoms with Gasteiger partial charge in [-0.2, -0.15) is 0 Å². The molecule has 1 aliphatic rings. The van der Waals surface area contributed by atoms with Gasteiger partial charge in [0, 0.05) is 56.7 Å². The molecule has 5 aromatic rings. The van der Waals surface area contributed by atoms with Crippen molar-refractivity contribution in [2.45, 2.75) is 276 Å². The highest BCUT2D eigenvalue weighted by Gasteiger charge is 2.28. The molecule has 0 atom stereocenters. The highest BCUT2D eigenvalue weighted by Crippen LogP contribution is 2.44. The Morgan fingerprint density at radius 1 is 0.461 bits per heavy atom. The molecule has 0 unspecified atom stereocenters. The summed E-state index contributed by atoms with van der Waals surface area (Å²) in [7, 11) is -1.72. The Labute approximate surface area is 629 Å². The number of aryl methyl sites for hydroxylation is 2. The summed E-state index contributed by atoms with van der Waals surface area (Å²) in [5, 5.41) is 8.70. The molecule has 0 amide bonds. The lowest BCUT2D eigenvalue weighted by atomic mass is 9.98. The summed E-state index contributed by atoms with van der Waals surface area (Å²) in [5.41, 5.74) is 9.74. The molecule has 0 radical (unpaired) electrons. The van der Waals surface area contributed by atoms with Crippen molar-refractivity contribution in [2.24, 2.45) is 17.8 Å². The number of carbonyl (C=O) groups is 6. The van der Waals surface area contributed by atoms with Crippen LogP contribution in [0.15, 0.2) is 159 Å². The van der Waals surface area contributed by atoms with Gasteiger partial charge < -0.3 is 33.6 Å². The van der Waals surface area contributed by atoms with E-state index >= 15 is 0 Å².